The van der Waals surface area contributed by atoms with E-state index in [-0.39, 0.29) is 33.8 Å². The van der Waals surface area contributed by atoms with E-state index in [2.05, 4.69) is 41.5 Å². The Hall–Kier alpha value is -2.26. The van der Waals surface area contributed by atoms with E-state index in [4.69, 9.17) is 9.16 Å². The summed E-state index contributed by atoms with van der Waals surface area (Å²) >= 11 is 0. The van der Waals surface area contributed by atoms with Crippen molar-refractivity contribution in [2.24, 2.45) is 0 Å². The van der Waals surface area contributed by atoms with Crippen LogP contribution >= 0.6 is 0 Å². The lowest BCUT2D eigenvalue weighted by Gasteiger charge is -2.42. The molecule has 0 saturated carbocycles. The number of carbonyl (C=O) groups excluding carboxylic acids is 1. The fraction of sp³-hybridized carbons (Fsp3) is 0.667. The van der Waals surface area contributed by atoms with E-state index >= 15 is 0 Å². The number of carboxylic acid groups (broad SMARTS) is 1. The molecule has 9 heteroatoms. The van der Waals surface area contributed by atoms with Gasteiger partial charge < -0.3 is 24.3 Å². The highest BCUT2D eigenvalue weighted by atomic mass is 28.4. The number of nitrogens with zero attached hydrogens (tertiary/aromatic N) is 2. The van der Waals surface area contributed by atoms with Crippen LogP contribution in [0.25, 0.3) is 0 Å². The SMILES string of the molecule is COc1cc2c(cc1O[Si](C(C)C)(C(C)C)C(C)C)N(C(=O)O)[C@@H](O)[C@@H]1CCCCN1C2=O. The van der Waals surface area contributed by atoms with Gasteiger partial charge in [-0.25, -0.2) is 9.69 Å². The Kier molecular flexibility index (Phi) is 7.33. The number of hydrogen-bond acceptors (Lipinski definition) is 5. The maximum absolute atomic E-state index is 13.5. The lowest BCUT2D eigenvalue weighted by atomic mass is 10.0. The molecule has 2 N–H and O–H groups in total. The predicted octanol–water partition coefficient (Wildman–Crippen LogP) is 5.06. The van der Waals surface area contributed by atoms with Gasteiger partial charge in [0.05, 0.1) is 24.4 Å². The molecule has 2 amide bonds. The lowest BCUT2D eigenvalue weighted by Crippen LogP contribution is -2.54. The van der Waals surface area contributed by atoms with Crippen LogP contribution in [0.2, 0.25) is 16.6 Å². The van der Waals surface area contributed by atoms with Crippen molar-refractivity contribution in [2.45, 2.75) is 89.7 Å². The fourth-order valence-corrected chi connectivity index (χ4v) is 11.2. The zero-order valence-corrected chi connectivity index (χ0v) is 21.8. The second-order valence-corrected chi connectivity index (χ2v) is 15.4. The van der Waals surface area contributed by atoms with Gasteiger partial charge in [0.2, 0.25) is 0 Å². The summed E-state index contributed by atoms with van der Waals surface area (Å²) in [6, 6.07) is 2.57. The topological polar surface area (TPSA) is 99.5 Å². The number of piperidine rings is 1. The molecule has 0 bridgehead atoms. The van der Waals surface area contributed by atoms with E-state index in [9.17, 15) is 19.8 Å². The minimum Gasteiger partial charge on any atom is -0.540 e. The second-order valence-electron chi connectivity index (χ2n) is 10.1. The molecule has 0 aromatic heterocycles. The molecule has 2 aliphatic heterocycles. The van der Waals surface area contributed by atoms with E-state index in [0.29, 0.717) is 24.5 Å². The number of anilines is 1. The molecule has 1 saturated heterocycles. The lowest BCUT2D eigenvalue weighted by molar-refractivity contribution is 0.0246. The Morgan fingerprint density at radius 1 is 1.06 bits per heavy atom. The summed E-state index contributed by atoms with van der Waals surface area (Å²) in [5, 5.41) is 21.1. The first-order valence-electron chi connectivity index (χ1n) is 11.9. The Bertz CT molecular complexity index is 881. The molecule has 2 aliphatic rings. The van der Waals surface area contributed by atoms with E-state index in [1.165, 1.54) is 7.11 Å². The molecule has 2 heterocycles. The molecule has 1 fully saturated rings. The predicted molar refractivity (Wildman–Crippen MR) is 130 cm³/mol. The molecule has 1 aromatic carbocycles. The first-order valence-corrected chi connectivity index (χ1v) is 14.0. The number of aliphatic hydroxyl groups is 1. The highest BCUT2D eigenvalue weighted by molar-refractivity contribution is 6.78. The highest BCUT2D eigenvalue weighted by Gasteiger charge is 2.48. The quantitative estimate of drug-likeness (QED) is 0.555. The van der Waals surface area contributed by atoms with Gasteiger partial charge in [-0.2, -0.15) is 0 Å². The minimum atomic E-state index is -2.39. The standard InChI is InChI=1S/C24H38N2O6Si/c1-14(2)33(15(3)4,16(5)6)32-21-13-19-17(12-20(21)31-7)22(27)25-11-9-8-10-18(25)23(28)26(19)24(29)30/h12-16,18,23,28H,8-11H2,1-7H3,(H,29,30)/t18-,23-/m0/s1. The minimum absolute atomic E-state index is 0.143. The zero-order valence-electron chi connectivity index (χ0n) is 20.8. The average molecular weight is 479 g/mol. The monoisotopic (exact) mass is 478 g/mol. The summed E-state index contributed by atoms with van der Waals surface area (Å²) in [7, 11) is -0.871. The van der Waals surface area contributed by atoms with Crippen LogP contribution in [0.1, 0.15) is 71.2 Å². The van der Waals surface area contributed by atoms with E-state index in [1.54, 1.807) is 17.0 Å². The number of aliphatic hydroxyl groups excluding tert-OH is 1. The molecule has 0 spiro atoms. The van der Waals surface area contributed by atoms with Crippen molar-refractivity contribution in [3.8, 4) is 11.5 Å². The molecule has 0 radical (unpaired) electrons. The number of carbonyl (C=O) groups is 2. The van der Waals surface area contributed by atoms with Crippen LogP contribution in [0, 0.1) is 0 Å². The Morgan fingerprint density at radius 2 is 1.67 bits per heavy atom. The largest absolute Gasteiger partial charge is 0.540 e. The molecular formula is C24H38N2O6Si. The van der Waals surface area contributed by atoms with Crippen molar-refractivity contribution >= 4 is 26.0 Å². The first-order chi connectivity index (χ1) is 15.5. The van der Waals surface area contributed by atoms with Crippen LogP contribution < -0.4 is 14.1 Å². The Morgan fingerprint density at radius 3 is 2.18 bits per heavy atom. The number of amides is 2. The fourth-order valence-electron chi connectivity index (χ4n) is 5.91. The third-order valence-corrected chi connectivity index (χ3v) is 13.4. The summed E-state index contributed by atoms with van der Waals surface area (Å²) < 4.78 is 12.5. The van der Waals surface area contributed by atoms with Crippen LogP contribution in [0.3, 0.4) is 0 Å². The molecule has 1 aromatic rings. The molecule has 33 heavy (non-hydrogen) atoms. The van der Waals surface area contributed by atoms with Crippen molar-refractivity contribution in [2.75, 3.05) is 18.6 Å². The number of hydrogen-bond donors (Lipinski definition) is 2. The van der Waals surface area contributed by atoms with Gasteiger partial charge in [-0.05, 0) is 42.0 Å². The summed E-state index contributed by atoms with van der Waals surface area (Å²) in [6.45, 7) is 13.5. The smallest absolute Gasteiger partial charge is 0.414 e. The van der Waals surface area contributed by atoms with E-state index in [1.807, 2.05) is 0 Å². The van der Waals surface area contributed by atoms with Crippen molar-refractivity contribution in [3.63, 3.8) is 0 Å². The zero-order chi connectivity index (χ0) is 24.7. The highest BCUT2D eigenvalue weighted by Crippen LogP contribution is 2.47. The third kappa shape index (κ3) is 4.21. The maximum Gasteiger partial charge on any atom is 0.414 e. The molecule has 8 nitrogen and oxygen atoms in total. The van der Waals surface area contributed by atoms with Crippen LogP contribution in [-0.4, -0.2) is 61.4 Å². The Labute approximate surface area is 197 Å². The Balaban J connectivity index is 2.22. The van der Waals surface area contributed by atoms with Crippen molar-refractivity contribution in [1.82, 2.24) is 4.90 Å². The molecule has 0 unspecified atom stereocenters. The van der Waals surface area contributed by atoms with Gasteiger partial charge in [-0.1, -0.05) is 41.5 Å². The second kappa shape index (κ2) is 9.54. The van der Waals surface area contributed by atoms with Gasteiger partial charge in [-0.15, -0.1) is 0 Å². The number of rotatable bonds is 6. The molecular weight excluding hydrogens is 440 g/mol. The number of fused-ring (bicyclic) bond motifs is 2. The molecule has 2 atom stereocenters. The summed E-state index contributed by atoms with van der Waals surface area (Å²) in [5.41, 5.74) is 1.22. The molecule has 0 aliphatic carbocycles. The normalized spacial score (nSPS) is 21.2. The van der Waals surface area contributed by atoms with Crippen molar-refractivity contribution < 1.29 is 29.0 Å². The van der Waals surface area contributed by atoms with E-state index < -0.39 is 26.7 Å². The van der Waals surface area contributed by atoms with Crippen LogP contribution in [-0.2, 0) is 0 Å². The summed E-state index contributed by atoms with van der Waals surface area (Å²) in [4.78, 5) is 28.3. The van der Waals surface area contributed by atoms with Gasteiger partial charge in [0.25, 0.3) is 14.2 Å². The van der Waals surface area contributed by atoms with Crippen molar-refractivity contribution in [3.05, 3.63) is 17.7 Å². The first kappa shape index (κ1) is 25.4. The van der Waals surface area contributed by atoms with Gasteiger partial charge in [0, 0.05) is 12.6 Å². The van der Waals surface area contributed by atoms with Gasteiger partial charge in [0.1, 0.15) is 5.75 Å². The summed E-state index contributed by atoms with van der Waals surface area (Å²) in [6.07, 6.45) is -0.453. The van der Waals surface area contributed by atoms with Gasteiger partial charge >= 0.3 is 6.09 Å². The molecule has 3 rings (SSSR count). The van der Waals surface area contributed by atoms with Crippen LogP contribution in [0.4, 0.5) is 10.5 Å². The number of methoxy groups -OCH3 is 1. The van der Waals surface area contributed by atoms with Crippen LogP contribution in [0.5, 0.6) is 11.5 Å². The average Bonchev–Trinajstić information content (AvgIpc) is 2.84. The van der Waals surface area contributed by atoms with Gasteiger partial charge in [-0.3, -0.25) is 4.79 Å². The van der Waals surface area contributed by atoms with Gasteiger partial charge in [0.15, 0.2) is 12.0 Å². The third-order valence-electron chi connectivity index (χ3n) is 7.39. The van der Waals surface area contributed by atoms with Crippen LogP contribution in [0.15, 0.2) is 12.1 Å². The summed E-state index contributed by atoms with van der Waals surface area (Å²) in [5.74, 6) is 0.531. The molecule has 184 valence electrons. The maximum atomic E-state index is 13.5. The van der Waals surface area contributed by atoms with E-state index in [0.717, 1.165) is 17.7 Å². The van der Waals surface area contributed by atoms with Crippen molar-refractivity contribution in [1.29, 1.82) is 0 Å². The number of benzene rings is 1. The number of ether oxygens (including phenoxy) is 1.